The maximum absolute atomic E-state index is 12.5. The Morgan fingerprint density at radius 3 is 2.33 bits per heavy atom. The molecule has 0 aliphatic heterocycles. The number of rotatable bonds is 6. The van der Waals surface area contributed by atoms with Crippen LogP contribution in [0, 0.1) is 5.92 Å². The molecule has 134 valence electrons. The maximum Gasteiger partial charge on any atom is 0.389 e. The van der Waals surface area contributed by atoms with Crippen LogP contribution in [0.25, 0.3) is 0 Å². The maximum atomic E-state index is 12.5. The summed E-state index contributed by atoms with van der Waals surface area (Å²) in [5, 5.41) is 9.35. The molecule has 1 aromatic rings. The average molecular weight is 347 g/mol. The Morgan fingerprint density at radius 1 is 1.29 bits per heavy atom. The Labute approximate surface area is 137 Å². The summed E-state index contributed by atoms with van der Waals surface area (Å²) in [6.07, 6.45) is -3.86. The largest absolute Gasteiger partial charge is 0.481 e. The van der Waals surface area contributed by atoms with Gasteiger partial charge in [0.05, 0.1) is 11.8 Å². The highest BCUT2D eigenvalue weighted by atomic mass is 19.4. The van der Waals surface area contributed by atoms with E-state index in [0.29, 0.717) is 0 Å². The van der Waals surface area contributed by atoms with Gasteiger partial charge < -0.3 is 9.84 Å². The predicted octanol–water partition coefficient (Wildman–Crippen LogP) is 3.55. The predicted molar refractivity (Wildman–Crippen MR) is 79.2 cm³/mol. The number of nitrogens with zero attached hydrogens (tertiary/aromatic N) is 1. The monoisotopic (exact) mass is 347 g/mol. The minimum absolute atomic E-state index is 0.210. The molecule has 0 saturated carbocycles. The van der Waals surface area contributed by atoms with E-state index in [1.54, 1.807) is 20.8 Å². The third kappa shape index (κ3) is 6.55. The van der Waals surface area contributed by atoms with Gasteiger partial charge in [0, 0.05) is 18.8 Å². The Bertz CT molecular complexity index is 567. The van der Waals surface area contributed by atoms with Gasteiger partial charge in [-0.3, -0.25) is 14.6 Å². The van der Waals surface area contributed by atoms with E-state index in [1.165, 1.54) is 24.5 Å². The normalized spacial score (nSPS) is 14.8. The molecule has 0 amide bonds. The standard InChI is InChI=1S/C16H20F3NO4/c1-15(2,3)24-14(23)12(10-5-4-8-20-9-10)11(13(21)22)6-7-16(17,18)19/h4-5,8-9,11-12H,6-7H2,1-3H3,(H,21,22)/t11-,12+/m1/s1. The second-order valence-electron chi connectivity index (χ2n) is 6.40. The van der Waals surface area contributed by atoms with Crippen molar-refractivity contribution in [3.63, 3.8) is 0 Å². The topological polar surface area (TPSA) is 76.5 Å². The molecule has 0 aromatic carbocycles. The van der Waals surface area contributed by atoms with Gasteiger partial charge in [0.25, 0.3) is 0 Å². The summed E-state index contributed by atoms with van der Waals surface area (Å²) >= 11 is 0. The van der Waals surface area contributed by atoms with Crippen LogP contribution < -0.4 is 0 Å². The first-order valence-electron chi connectivity index (χ1n) is 7.33. The number of carbonyl (C=O) groups excluding carboxylic acids is 1. The Hall–Kier alpha value is -2.12. The first-order valence-corrected chi connectivity index (χ1v) is 7.33. The highest BCUT2D eigenvalue weighted by Crippen LogP contribution is 2.34. The minimum Gasteiger partial charge on any atom is -0.481 e. The summed E-state index contributed by atoms with van der Waals surface area (Å²) in [6.45, 7) is 4.78. The lowest BCUT2D eigenvalue weighted by Gasteiger charge is -2.27. The number of halogens is 3. The van der Waals surface area contributed by atoms with E-state index in [0.717, 1.165) is 0 Å². The summed E-state index contributed by atoms with van der Waals surface area (Å²) in [6, 6.07) is 2.93. The van der Waals surface area contributed by atoms with Gasteiger partial charge in [-0.2, -0.15) is 13.2 Å². The van der Waals surface area contributed by atoms with Crippen LogP contribution >= 0.6 is 0 Å². The summed E-state index contributed by atoms with van der Waals surface area (Å²) in [7, 11) is 0. The van der Waals surface area contributed by atoms with E-state index in [1.807, 2.05) is 0 Å². The lowest BCUT2D eigenvalue weighted by molar-refractivity contribution is -0.165. The smallest absolute Gasteiger partial charge is 0.389 e. The van der Waals surface area contributed by atoms with Crippen molar-refractivity contribution in [3.05, 3.63) is 30.1 Å². The fraction of sp³-hybridized carbons (Fsp3) is 0.562. The molecular weight excluding hydrogens is 327 g/mol. The molecule has 1 heterocycles. The van der Waals surface area contributed by atoms with Gasteiger partial charge in [-0.05, 0) is 38.8 Å². The number of carboxylic acids is 1. The van der Waals surface area contributed by atoms with E-state index in [2.05, 4.69) is 4.98 Å². The van der Waals surface area contributed by atoms with Crippen LogP contribution in [-0.4, -0.2) is 33.8 Å². The van der Waals surface area contributed by atoms with Crippen molar-refractivity contribution in [3.8, 4) is 0 Å². The first-order chi connectivity index (χ1) is 10.9. The third-order valence-corrected chi connectivity index (χ3v) is 3.16. The van der Waals surface area contributed by atoms with Gasteiger partial charge in [0.1, 0.15) is 5.60 Å². The molecule has 0 bridgehead atoms. The highest BCUT2D eigenvalue weighted by molar-refractivity contribution is 5.85. The number of carbonyl (C=O) groups is 2. The number of carboxylic acid groups (broad SMARTS) is 1. The van der Waals surface area contributed by atoms with Crippen molar-refractivity contribution in [2.45, 2.75) is 51.3 Å². The molecule has 0 unspecified atom stereocenters. The molecule has 2 atom stereocenters. The average Bonchev–Trinajstić information content (AvgIpc) is 2.40. The van der Waals surface area contributed by atoms with Crippen LogP contribution in [0.5, 0.6) is 0 Å². The molecule has 1 rings (SSSR count). The van der Waals surface area contributed by atoms with E-state index in [9.17, 15) is 27.9 Å². The lowest BCUT2D eigenvalue weighted by atomic mass is 9.83. The molecule has 0 saturated heterocycles. The Morgan fingerprint density at radius 2 is 1.92 bits per heavy atom. The minimum atomic E-state index is -4.51. The van der Waals surface area contributed by atoms with Crippen molar-refractivity contribution < 1.29 is 32.6 Å². The fourth-order valence-corrected chi connectivity index (χ4v) is 2.21. The van der Waals surface area contributed by atoms with E-state index < -0.39 is 48.4 Å². The molecular formula is C16H20F3NO4. The molecule has 5 nitrogen and oxygen atoms in total. The molecule has 24 heavy (non-hydrogen) atoms. The van der Waals surface area contributed by atoms with Crippen molar-refractivity contribution in [1.82, 2.24) is 4.98 Å². The van der Waals surface area contributed by atoms with E-state index in [-0.39, 0.29) is 5.56 Å². The first kappa shape index (κ1) is 19.9. The van der Waals surface area contributed by atoms with Gasteiger partial charge in [-0.15, -0.1) is 0 Å². The van der Waals surface area contributed by atoms with Crippen LogP contribution in [-0.2, 0) is 14.3 Å². The number of pyridine rings is 1. The second-order valence-corrected chi connectivity index (χ2v) is 6.40. The molecule has 0 aliphatic rings. The number of hydrogen-bond acceptors (Lipinski definition) is 4. The summed E-state index contributed by atoms with van der Waals surface area (Å²) in [5.74, 6) is -5.30. The van der Waals surface area contributed by atoms with Gasteiger partial charge in [0.2, 0.25) is 0 Å². The molecule has 0 spiro atoms. The molecule has 0 aliphatic carbocycles. The second kappa shape index (κ2) is 7.63. The number of esters is 1. The van der Waals surface area contributed by atoms with E-state index in [4.69, 9.17) is 4.74 Å². The molecule has 0 fully saturated rings. The van der Waals surface area contributed by atoms with Gasteiger partial charge in [-0.1, -0.05) is 6.07 Å². The van der Waals surface area contributed by atoms with E-state index >= 15 is 0 Å². The molecule has 1 N–H and O–H groups in total. The Balaban J connectivity index is 3.18. The fourth-order valence-electron chi connectivity index (χ4n) is 2.21. The van der Waals surface area contributed by atoms with Crippen molar-refractivity contribution in [1.29, 1.82) is 0 Å². The number of hydrogen-bond donors (Lipinski definition) is 1. The van der Waals surface area contributed by atoms with Crippen LogP contribution in [0.4, 0.5) is 13.2 Å². The van der Waals surface area contributed by atoms with Crippen LogP contribution in [0.2, 0.25) is 0 Å². The number of ether oxygens (including phenoxy) is 1. The highest BCUT2D eigenvalue weighted by Gasteiger charge is 2.40. The number of alkyl halides is 3. The zero-order chi connectivity index (χ0) is 18.5. The van der Waals surface area contributed by atoms with Gasteiger partial charge >= 0.3 is 18.1 Å². The summed E-state index contributed by atoms with van der Waals surface area (Å²) in [4.78, 5) is 27.8. The number of aromatic nitrogens is 1. The molecule has 1 aromatic heterocycles. The summed E-state index contributed by atoms with van der Waals surface area (Å²) in [5.41, 5.74) is -0.689. The molecule has 0 radical (unpaired) electrons. The van der Waals surface area contributed by atoms with Crippen LogP contribution in [0.3, 0.4) is 0 Å². The van der Waals surface area contributed by atoms with Gasteiger partial charge in [0.15, 0.2) is 0 Å². The molecule has 8 heteroatoms. The van der Waals surface area contributed by atoms with Crippen LogP contribution in [0.1, 0.15) is 45.1 Å². The SMILES string of the molecule is CC(C)(C)OC(=O)[C@@H](c1cccnc1)[C@@H](CCC(F)(F)F)C(=O)O. The number of aliphatic carboxylic acids is 1. The van der Waals surface area contributed by atoms with Crippen LogP contribution in [0.15, 0.2) is 24.5 Å². The zero-order valence-corrected chi connectivity index (χ0v) is 13.6. The summed E-state index contributed by atoms with van der Waals surface area (Å²) < 4.78 is 42.7. The Kier molecular flexibility index (Phi) is 6.34. The van der Waals surface area contributed by atoms with Crippen molar-refractivity contribution >= 4 is 11.9 Å². The van der Waals surface area contributed by atoms with Crippen molar-refractivity contribution in [2.75, 3.05) is 0 Å². The van der Waals surface area contributed by atoms with Crippen molar-refractivity contribution in [2.24, 2.45) is 5.92 Å². The lowest BCUT2D eigenvalue weighted by Crippen LogP contribution is -2.34. The third-order valence-electron chi connectivity index (χ3n) is 3.16. The zero-order valence-electron chi connectivity index (χ0n) is 13.6. The quantitative estimate of drug-likeness (QED) is 0.797. The van der Waals surface area contributed by atoms with Gasteiger partial charge in [-0.25, -0.2) is 0 Å².